The van der Waals surface area contributed by atoms with Crippen LogP contribution in [0.2, 0.25) is 0 Å². The van der Waals surface area contributed by atoms with Crippen molar-refractivity contribution in [3.05, 3.63) is 0 Å². The van der Waals surface area contributed by atoms with Gasteiger partial charge in [0.1, 0.15) is 5.92 Å². The number of amides is 1. The zero-order valence-electron chi connectivity index (χ0n) is 9.55. The molecule has 6 heteroatoms. The highest BCUT2D eigenvalue weighted by Gasteiger charge is 2.39. The van der Waals surface area contributed by atoms with Crippen LogP contribution in [0.1, 0.15) is 13.8 Å². The molecule has 1 aliphatic heterocycles. The lowest BCUT2D eigenvalue weighted by molar-refractivity contribution is -0.145. The fraction of sp³-hybridized carbons (Fsp3) is 0.800. The minimum Gasteiger partial charge on any atom is -0.481 e. The van der Waals surface area contributed by atoms with Gasteiger partial charge in [0, 0.05) is 6.54 Å². The molecule has 1 amide bonds. The summed E-state index contributed by atoms with van der Waals surface area (Å²) in [6, 6.07) is -1.02. The average molecular weight is 230 g/mol. The Hall–Kier alpha value is -1.14. The summed E-state index contributed by atoms with van der Waals surface area (Å²) in [4.78, 5) is 24.3. The Morgan fingerprint density at radius 2 is 2.19 bits per heavy atom. The number of aliphatic carboxylic acids is 1. The van der Waals surface area contributed by atoms with Gasteiger partial charge in [0.05, 0.1) is 25.3 Å². The monoisotopic (exact) mass is 230 g/mol. The van der Waals surface area contributed by atoms with Crippen molar-refractivity contribution in [3.63, 3.8) is 0 Å². The quantitative estimate of drug-likeness (QED) is 0.665. The van der Waals surface area contributed by atoms with Crippen LogP contribution in [0.25, 0.3) is 0 Å². The molecule has 6 nitrogen and oxygen atoms in total. The molecule has 1 fully saturated rings. The molecule has 0 aliphatic carbocycles. The average Bonchev–Trinajstić information content (AvgIpc) is 2.67. The smallest absolute Gasteiger partial charge is 0.311 e. The summed E-state index contributed by atoms with van der Waals surface area (Å²) in [6.45, 7) is 4.26. The Morgan fingerprint density at radius 1 is 1.56 bits per heavy atom. The van der Waals surface area contributed by atoms with Crippen molar-refractivity contribution in [2.45, 2.75) is 25.9 Å². The number of nitrogens with two attached hydrogens (primary N) is 1. The fourth-order valence-electron chi connectivity index (χ4n) is 1.90. The van der Waals surface area contributed by atoms with Gasteiger partial charge in [0.2, 0.25) is 5.91 Å². The van der Waals surface area contributed by atoms with Crippen LogP contribution in [0.4, 0.5) is 0 Å². The highest BCUT2D eigenvalue weighted by Crippen LogP contribution is 2.20. The summed E-state index contributed by atoms with van der Waals surface area (Å²) in [5.41, 5.74) is 5.52. The molecule has 0 aromatic rings. The number of ether oxygens (including phenoxy) is 1. The van der Waals surface area contributed by atoms with Gasteiger partial charge in [-0.25, -0.2) is 0 Å². The molecule has 16 heavy (non-hydrogen) atoms. The summed E-state index contributed by atoms with van der Waals surface area (Å²) in [5, 5.41) is 9.00. The van der Waals surface area contributed by atoms with E-state index in [0.29, 0.717) is 6.54 Å². The molecule has 1 aliphatic rings. The molecule has 0 bridgehead atoms. The third-order valence-electron chi connectivity index (χ3n) is 2.78. The molecule has 1 saturated heterocycles. The number of carbonyl (C=O) groups excluding carboxylic acids is 1. The Kier molecular flexibility index (Phi) is 4.26. The van der Waals surface area contributed by atoms with E-state index in [-0.39, 0.29) is 19.1 Å². The molecule has 3 N–H and O–H groups in total. The minimum absolute atomic E-state index is 0.155. The van der Waals surface area contributed by atoms with Crippen LogP contribution in [-0.4, -0.2) is 53.7 Å². The summed E-state index contributed by atoms with van der Waals surface area (Å²) < 4.78 is 5.13. The van der Waals surface area contributed by atoms with Crippen LogP contribution >= 0.6 is 0 Å². The van der Waals surface area contributed by atoms with E-state index in [1.54, 1.807) is 13.8 Å². The van der Waals surface area contributed by atoms with Crippen LogP contribution in [-0.2, 0) is 14.3 Å². The molecular weight excluding hydrogens is 212 g/mol. The zero-order valence-corrected chi connectivity index (χ0v) is 9.55. The Bertz CT molecular complexity index is 280. The maximum atomic E-state index is 11.8. The molecule has 2 unspecified atom stereocenters. The van der Waals surface area contributed by atoms with Gasteiger partial charge in [-0.1, -0.05) is 0 Å². The lowest BCUT2D eigenvalue weighted by Crippen LogP contribution is -2.51. The molecule has 3 atom stereocenters. The van der Waals surface area contributed by atoms with Gasteiger partial charge >= 0.3 is 5.97 Å². The highest BCUT2D eigenvalue weighted by atomic mass is 16.5. The first kappa shape index (κ1) is 12.9. The molecule has 1 heterocycles. The van der Waals surface area contributed by atoms with Crippen molar-refractivity contribution >= 4 is 11.9 Å². The standard InChI is InChI=1S/C10H18N2O4/c1-3-12(9(13)6(2)11)8-5-16-4-7(8)10(14)15/h6-8H,3-5,11H2,1-2H3,(H,14,15)/t6-,7?,8?/m1/s1. The van der Waals surface area contributed by atoms with E-state index in [0.717, 1.165) is 0 Å². The molecular formula is C10H18N2O4. The molecule has 0 saturated carbocycles. The molecule has 0 radical (unpaired) electrons. The molecule has 0 aromatic carbocycles. The van der Waals surface area contributed by atoms with Gasteiger partial charge in [-0.2, -0.15) is 0 Å². The van der Waals surface area contributed by atoms with E-state index >= 15 is 0 Å². The van der Waals surface area contributed by atoms with Gasteiger partial charge in [-0.3, -0.25) is 9.59 Å². The van der Waals surface area contributed by atoms with Crippen LogP contribution in [0, 0.1) is 5.92 Å². The maximum Gasteiger partial charge on any atom is 0.311 e. The van der Waals surface area contributed by atoms with Gasteiger partial charge in [0.25, 0.3) is 0 Å². The van der Waals surface area contributed by atoms with Gasteiger partial charge in [0.15, 0.2) is 0 Å². The second kappa shape index (κ2) is 5.27. The topological polar surface area (TPSA) is 92.9 Å². The summed E-state index contributed by atoms with van der Waals surface area (Å²) >= 11 is 0. The molecule has 0 spiro atoms. The van der Waals surface area contributed by atoms with Gasteiger partial charge < -0.3 is 20.5 Å². The van der Waals surface area contributed by atoms with E-state index in [4.69, 9.17) is 15.6 Å². The van der Waals surface area contributed by atoms with E-state index < -0.39 is 24.0 Å². The summed E-state index contributed by atoms with van der Waals surface area (Å²) in [5.74, 6) is -1.81. The maximum absolute atomic E-state index is 11.8. The van der Waals surface area contributed by atoms with E-state index in [1.807, 2.05) is 0 Å². The third-order valence-corrected chi connectivity index (χ3v) is 2.78. The van der Waals surface area contributed by atoms with E-state index in [1.165, 1.54) is 4.90 Å². The van der Waals surface area contributed by atoms with Crippen molar-refractivity contribution in [1.82, 2.24) is 4.90 Å². The molecule has 0 aromatic heterocycles. The second-order valence-electron chi connectivity index (χ2n) is 3.96. The van der Waals surface area contributed by atoms with Crippen molar-refractivity contribution in [2.24, 2.45) is 11.7 Å². The summed E-state index contributed by atoms with van der Waals surface area (Å²) in [6.07, 6.45) is 0. The number of rotatable bonds is 4. The summed E-state index contributed by atoms with van der Waals surface area (Å²) in [7, 11) is 0. The highest BCUT2D eigenvalue weighted by molar-refractivity contribution is 5.82. The van der Waals surface area contributed by atoms with Crippen molar-refractivity contribution in [3.8, 4) is 0 Å². The predicted molar refractivity (Wildman–Crippen MR) is 56.8 cm³/mol. The largest absolute Gasteiger partial charge is 0.481 e. The van der Waals surface area contributed by atoms with E-state index in [9.17, 15) is 9.59 Å². The first-order chi connectivity index (χ1) is 7.49. The molecule has 92 valence electrons. The van der Waals surface area contributed by atoms with E-state index in [2.05, 4.69) is 0 Å². The third kappa shape index (κ3) is 2.51. The van der Waals surface area contributed by atoms with Crippen LogP contribution in [0.15, 0.2) is 0 Å². The Labute approximate surface area is 94.3 Å². The van der Waals surface area contributed by atoms with Crippen molar-refractivity contribution < 1.29 is 19.4 Å². The van der Waals surface area contributed by atoms with Crippen molar-refractivity contribution in [2.75, 3.05) is 19.8 Å². The number of carboxylic acids is 1. The number of hydrogen-bond donors (Lipinski definition) is 2. The van der Waals surface area contributed by atoms with Crippen LogP contribution < -0.4 is 5.73 Å². The first-order valence-corrected chi connectivity index (χ1v) is 5.35. The number of hydrogen-bond acceptors (Lipinski definition) is 4. The zero-order chi connectivity index (χ0) is 12.3. The van der Waals surface area contributed by atoms with Crippen molar-refractivity contribution in [1.29, 1.82) is 0 Å². The van der Waals surface area contributed by atoms with Gasteiger partial charge in [-0.05, 0) is 13.8 Å². The Balaban J connectivity index is 2.79. The lowest BCUT2D eigenvalue weighted by Gasteiger charge is -2.30. The molecule has 1 rings (SSSR count). The predicted octanol–water partition coefficient (Wildman–Crippen LogP) is -0.718. The lowest BCUT2D eigenvalue weighted by atomic mass is 10.0. The van der Waals surface area contributed by atoms with Gasteiger partial charge in [-0.15, -0.1) is 0 Å². The number of nitrogens with zero attached hydrogens (tertiary/aromatic N) is 1. The van der Waals surface area contributed by atoms with Crippen LogP contribution in [0.5, 0.6) is 0 Å². The van der Waals surface area contributed by atoms with Crippen LogP contribution in [0.3, 0.4) is 0 Å². The number of carbonyl (C=O) groups is 2. The fourth-order valence-corrected chi connectivity index (χ4v) is 1.90. The SMILES string of the molecule is CCN(C(=O)[C@@H](C)N)C1COCC1C(=O)O. The minimum atomic E-state index is -0.932. The first-order valence-electron chi connectivity index (χ1n) is 5.35. The number of carboxylic acid groups (broad SMARTS) is 1. The number of likely N-dealkylation sites (N-methyl/N-ethyl adjacent to an activating group) is 1. The normalized spacial score (nSPS) is 26.4. The second-order valence-corrected chi connectivity index (χ2v) is 3.96. The Morgan fingerprint density at radius 3 is 2.62 bits per heavy atom.